The van der Waals surface area contributed by atoms with E-state index in [0.717, 1.165) is 22.3 Å². The van der Waals surface area contributed by atoms with Crippen molar-refractivity contribution in [1.82, 2.24) is 4.72 Å². The van der Waals surface area contributed by atoms with Gasteiger partial charge in [0, 0.05) is 19.2 Å². The van der Waals surface area contributed by atoms with Crippen LogP contribution in [0.1, 0.15) is 28.4 Å². The molecule has 2 aromatic carbocycles. The summed E-state index contributed by atoms with van der Waals surface area (Å²) in [7, 11) is -0.508. The van der Waals surface area contributed by atoms with E-state index in [0.29, 0.717) is 10.6 Å². The summed E-state index contributed by atoms with van der Waals surface area (Å²) in [6, 6.07) is 11.0. The molecule has 2 rings (SSSR count). The van der Waals surface area contributed by atoms with Crippen molar-refractivity contribution < 1.29 is 17.9 Å². The Hall–Kier alpha value is -1.89. The first kappa shape index (κ1) is 19.4. The van der Waals surface area contributed by atoms with Gasteiger partial charge in [0.25, 0.3) is 0 Å². The molecule has 136 valence electrons. The van der Waals surface area contributed by atoms with Crippen LogP contribution in [0, 0.1) is 20.8 Å². The van der Waals surface area contributed by atoms with Crippen molar-refractivity contribution in [3.63, 3.8) is 0 Å². The fourth-order valence-corrected chi connectivity index (χ4v) is 4.08. The third-order valence-corrected chi connectivity index (χ3v) is 5.88. The Balaban J connectivity index is 2.25. The zero-order valence-electron chi connectivity index (χ0n) is 15.3. The van der Waals surface area contributed by atoms with Crippen molar-refractivity contribution in [1.29, 1.82) is 0 Å². The van der Waals surface area contributed by atoms with Gasteiger partial charge >= 0.3 is 0 Å². The van der Waals surface area contributed by atoms with Crippen LogP contribution in [-0.2, 0) is 14.8 Å². The summed E-state index contributed by atoms with van der Waals surface area (Å²) in [5, 5.41) is 0. The molecule has 0 aliphatic carbocycles. The Morgan fingerprint density at radius 1 is 1.00 bits per heavy atom. The number of methoxy groups -OCH3 is 2. The second-order valence-corrected chi connectivity index (χ2v) is 7.76. The van der Waals surface area contributed by atoms with Gasteiger partial charge in [0.2, 0.25) is 10.0 Å². The van der Waals surface area contributed by atoms with Gasteiger partial charge in [-0.1, -0.05) is 24.3 Å². The van der Waals surface area contributed by atoms with Crippen LogP contribution in [0.2, 0.25) is 0 Å². The van der Waals surface area contributed by atoms with E-state index in [2.05, 4.69) is 4.72 Å². The molecular formula is C19H25NO4S. The number of benzene rings is 2. The highest BCUT2D eigenvalue weighted by molar-refractivity contribution is 7.89. The largest absolute Gasteiger partial charge is 0.496 e. The van der Waals surface area contributed by atoms with Gasteiger partial charge in [0.05, 0.1) is 18.1 Å². The maximum Gasteiger partial charge on any atom is 0.240 e. The van der Waals surface area contributed by atoms with Crippen LogP contribution in [0.5, 0.6) is 5.75 Å². The molecule has 25 heavy (non-hydrogen) atoms. The first-order valence-corrected chi connectivity index (χ1v) is 9.51. The second kappa shape index (κ2) is 7.99. The highest BCUT2D eigenvalue weighted by Crippen LogP contribution is 2.27. The maximum absolute atomic E-state index is 12.7. The maximum atomic E-state index is 12.7. The number of ether oxygens (including phenoxy) is 2. The molecular weight excluding hydrogens is 338 g/mol. The molecule has 6 heteroatoms. The first-order chi connectivity index (χ1) is 11.8. The smallest absolute Gasteiger partial charge is 0.240 e. The zero-order chi connectivity index (χ0) is 18.6. The van der Waals surface area contributed by atoms with Crippen molar-refractivity contribution >= 4 is 10.0 Å². The van der Waals surface area contributed by atoms with Crippen molar-refractivity contribution in [2.24, 2.45) is 0 Å². The second-order valence-electron chi connectivity index (χ2n) is 6.02. The monoisotopic (exact) mass is 363 g/mol. The van der Waals surface area contributed by atoms with Crippen LogP contribution >= 0.6 is 0 Å². The van der Waals surface area contributed by atoms with Crippen molar-refractivity contribution in [3.8, 4) is 5.75 Å². The number of rotatable bonds is 7. The van der Waals surface area contributed by atoms with E-state index in [9.17, 15) is 8.42 Å². The minimum Gasteiger partial charge on any atom is -0.496 e. The number of hydrogen-bond donors (Lipinski definition) is 1. The average molecular weight is 363 g/mol. The number of para-hydroxylation sites is 1. The lowest BCUT2D eigenvalue weighted by Gasteiger charge is -2.19. The average Bonchev–Trinajstić information content (AvgIpc) is 2.58. The SMILES string of the molecule is COc1ccccc1C(CNS(=O)(=O)c1cc(C)c(C)cc1C)OC. The quantitative estimate of drug-likeness (QED) is 0.820. The lowest BCUT2D eigenvalue weighted by molar-refractivity contribution is 0.105. The van der Waals surface area contributed by atoms with Gasteiger partial charge in [0.15, 0.2) is 0 Å². The molecule has 0 aliphatic rings. The summed E-state index contributed by atoms with van der Waals surface area (Å²) in [6.45, 7) is 5.79. The molecule has 5 nitrogen and oxygen atoms in total. The predicted molar refractivity (Wildman–Crippen MR) is 98.6 cm³/mol. The van der Waals surface area contributed by atoms with Crippen LogP contribution in [0.3, 0.4) is 0 Å². The summed E-state index contributed by atoms with van der Waals surface area (Å²) in [5.41, 5.74) is 3.54. The standard InChI is InChI=1S/C19H25NO4S/c1-13-10-15(3)19(11-14(13)2)25(21,22)20-12-18(24-5)16-8-6-7-9-17(16)23-4/h6-11,18,20H,12H2,1-5H3. The molecule has 0 radical (unpaired) electrons. The highest BCUT2D eigenvalue weighted by atomic mass is 32.2. The Kier molecular flexibility index (Phi) is 6.21. The van der Waals surface area contributed by atoms with E-state index < -0.39 is 16.1 Å². The van der Waals surface area contributed by atoms with E-state index in [-0.39, 0.29) is 6.54 Å². The fraction of sp³-hybridized carbons (Fsp3) is 0.368. The van der Waals surface area contributed by atoms with Gasteiger partial charge in [-0.25, -0.2) is 13.1 Å². The third kappa shape index (κ3) is 4.39. The molecule has 0 aromatic heterocycles. The van der Waals surface area contributed by atoms with E-state index in [1.54, 1.807) is 27.2 Å². The van der Waals surface area contributed by atoms with E-state index in [4.69, 9.17) is 9.47 Å². The van der Waals surface area contributed by atoms with Gasteiger partial charge in [-0.3, -0.25) is 0 Å². The minimum absolute atomic E-state index is 0.117. The molecule has 1 N–H and O–H groups in total. The third-order valence-electron chi connectivity index (χ3n) is 4.31. The molecule has 0 spiro atoms. The number of aryl methyl sites for hydroxylation is 3. The van der Waals surface area contributed by atoms with E-state index in [1.807, 2.05) is 44.2 Å². The van der Waals surface area contributed by atoms with E-state index >= 15 is 0 Å². The van der Waals surface area contributed by atoms with E-state index in [1.165, 1.54) is 0 Å². The summed E-state index contributed by atoms with van der Waals surface area (Å²) in [4.78, 5) is 0.297. The van der Waals surface area contributed by atoms with Gasteiger partial charge in [0.1, 0.15) is 5.75 Å². The molecule has 0 aliphatic heterocycles. The van der Waals surface area contributed by atoms with Gasteiger partial charge in [-0.2, -0.15) is 0 Å². The molecule has 0 saturated heterocycles. The Morgan fingerprint density at radius 3 is 2.28 bits per heavy atom. The molecule has 0 bridgehead atoms. The molecule has 0 heterocycles. The zero-order valence-corrected chi connectivity index (χ0v) is 16.1. The van der Waals surface area contributed by atoms with Crippen LogP contribution < -0.4 is 9.46 Å². The Labute approximate surface area is 150 Å². The summed E-state index contributed by atoms with van der Waals surface area (Å²) in [6.07, 6.45) is -0.447. The summed E-state index contributed by atoms with van der Waals surface area (Å²) in [5.74, 6) is 0.663. The lowest BCUT2D eigenvalue weighted by Crippen LogP contribution is -2.30. The lowest BCUT2D eigenvalue weighted by atomic mass is 10.1. The van der Waals surface area contributed by atoms with Crippen LogP contribution in [0.25, 0.3) is 0 Å². The number of hydrogen-bond acceptors (Lipinski definition) is 4. The number of sulfonamides is 1. The molecule has 0 amide bonds. The summed E-state index contributed by atoms with van der Waals surface area (Å²) >= 11 is 0. The molecule has 0 saturated carbocycles. The fourth-order valence-electron chi connectivity index (χ4n) is 2.74. The molecule has 1 atom stereocenters. The van der Waals surface area contributed by atoms with Crippen LogP contribution in [-0.4, -0.2) is 29.2 Å². The van der Waals surface area contributed by atoms with Gasteiger partial charge in [-0.05, 0) is 49.6 Å². The predicted octanol–water partition coefficient (Wildman–Crippen LogP) is 3.29. The van der Waals surface area contributed by atoms with Crippen molar-refractivity contribution in [2.75, 3.05) is 20.8 Å². The van der Waals surface area contributed by atoms with Gasteiger partial charge < -0.3 is 9.47 Å². The Morgan fingerprint density at radius 2 is 1.64 bits per heavy atom. The van der Waals surface area contributed by atoms with Crippen molar-refractivity contribution in [2.45, 2.75) is 31.8 Å². The molecule has 1 unspecified atom stereocenters. The molecule has 2 aromatic rings. The van der Waals surface area contributed by atoms with Gasteiger partial charge in [-0.15, -0.1) is 0 Å². The number of nitrogens with one attached hydrogen (secondary N) is 1. The summed E-state index contributed by atoms with van der Waals surface area (Å²) < 4.78 is 38.9. The highest BCUT2D eigenvalue weighted by Gasteiger charge is 2.22. The topological polar surface area (TPSA) is 64.6 Å². The van der Waals surface area contributed by atoms with Crippen LogP contribution in [0.15, 0.2) is 41.3 Å². The Bertz CT molecular complexity index is 846. The van der Waals surface area contributed by atoms with Crippen molar-refractivity contribution in [3.05, 3.63) is 58.7 Å². The normalized spacial score (nSPS) is 12.8. The minimum atomic E-state index is -3.63. The first-order valence-electron chi connectivity index (χ1n) is 8.03. The molecule has 0 fully saturated rings. The van der Waals surface area contributed by atoms with Crippen LogP contribution in [0.4, 0.5) is 0 Å².